The molecular formula is C8H12N2O. The number of amides is 1. The molecule has 0 saturated heterocycles. The number of rotatable bonds is 3. The maximum atomic E-state index is 10.6. The van der Waals surface area contributed by atoms with E-state index in [0.29, 0.717) is 6.54 Å². The molecule has 11 heavy (non-hydrogen) atoms. The van der Waals surface area contributed by atoms with Gasteiger partial charge in [0.1, 0.15) is 0 Å². The van der Waals surface area contributed by atoms with Crippen LogP contribution in [0.4, 0.5) is 0 Å². The van der Waals surface area contributed by atoms with Crippen molar-refractivity contribution in [3.8, 4) is 0 Å². The zero-order valence-electron chi connectivity index (χ0n) is 6.53. The molecule has 1 rings (SSSR count). The molecule has 1 unspecified atom stereocenters. The van der Waals surface area contributed by atoms with Crippen molar-refractivity contribution in [1.82, 2.24) is 4.57 Å². The van der Waals surface area contributed by atoms with Crippen LogP contribution in [-0.4, -0.2) is 10.5 Å². The monoisotopic (exact) mass is 152 g/mol. The first kappa shape index (κ1) is 7.85. The molecule has 3 nitrogen and oxygen atoms in total. The molecule has 1 aromatic heterocycles. The maximum absolute atomic E-state index is 10.6. The lowest BCUT2D eigenvalue weighted by Crippen LogP contribution is -2.24. The van der Waals surface area contributed by atoms with Gasteiger partial charge in [0.05, 0.1) is 5.92 Å². The lowest BCUT2D eigenvalue weighted by Gasteiger charge is -2.07. The van der Waals surface area contributed by atoms with Crippen molar-refractivity contribution in [2.45, 2.75) is 13.5 Å². The van der Waals surface area contributed by atoms with E-state index in [-0.39, 0.29) is 11.8 Å². The van der Waals surface area contributed by atoms with Crippen molar-refractivity contribution in [3.63, 3.8) is 0 Å². The maximum Gasteiger partial charge on any atom is 0.222 e. The normalized spacial score (nSPS) is 12.8. The first-order chi connectivity index (χ1) is 5.20. The average molecular weight is 152 g/mol. The highest BCUT2D eigenvalue weighted by molar-refractivity contribution is 5.76. The van der Waals surface area contributed by atoms with E-state index in [1.807, 2.05) is 36.0 Å². The SMILES string of the molecule is CC(Cn1cccc1)C(N)=O. The van der Waals surface area contributed by atoms with Crippen LogP contribution < -0.4 is 5.73 Å². The number of carbonyl (C=O) groups excluding carboxylic acids is 1. The summed E-state index contributed by atoms with van der Waals surface area (Å²) in [6, 6.07) is 3.85. The Labute approximate surface area is 65.8 Å². The summed E-state index contributed by atoms with van der Waals surface area (Å²) < 4.78 is 1.94. The fraction of sp³-hybridized carbons (Fsp3) is 0.375. The van der Waals surface area contributed by atoms with Crippen LogP contribution in [0.2, 0.25) is 0 Å². The molecule has 3 heteroatoms. The summed E-state index contributed by atoms with van der Waals surface area (Å²) in [6.45, 7) is 2.49. The molecule has 0 radical (unpaired) electrons. The van der Waals surface area contributed by atoms with Crippen LogP contribution in [0.3, 0.4) is 0 Å². The molecule has 1 atom stereocenters. The predicted molar refractivity (Wildman–Crippen MR) is 42.8 cm³/mol. The Morgan fingerprint density at radius 3 is 2.55 bits per heavy atom. The van der Waals surface area contributed by atoms with Crippen LogP contribution in [0.5, 0.6) is 0 Å². The van der Waals surface area contributed by atoms with Crippen molar-refractivity contribution in [3.05, 3.63) is 24.5 Å². The lowest BCUT2D eigenvalue weighted by atomic mass is 10.2. The van der Waals surface area contributed by atoms with Crippen LogP contribution in [0.1, 0.15) is 6.92 Å². The van der Waals surface area contributed by atoms with Crippen molar-refractivity contribution in [2.75, 3.05) is 0 Å². The van der Waals surface area contributed by atoms with Gasteiger partial charge in [-0.3, -0.25) is 4.79 Å². The average Bonchev–Trinajstić information content (AvgIpc) is 2.39. The molecule has 2 N–H and O–H groups in total. The van der Waals surface area contributed by atoms with Gasteiger partial charge in [-0.25, -0.2) is 0 Å². The molecule has 0 aliphatic rings. The highest BCUT2D eigenvalue weighted by Crippen LogP contribution is 1.99. The van der Waals surface area contributed by atoms with Gasteiger partial charge in [0, 0.05) is 18.9 Å². The molecule has 60 valence electrons. The third-order valence-electron chi connectivity index (χ3n) is 1.64. The Kier molecular flexibility index (Phi) is 2.31. The molecule has 0 aliphatic heterocycles. The second-order valence-corrected chi connectivity index (χ2v) is 2.68. The highest BCUT2D eigenvalue weighted by atomic mass is 16.1. The van der Waals surface area contributed by atoms with Gasteiger partial charge in [-0.2, -0.15) is 0 Å². The second kappa shape index (κ2) is 3.23. The smallest absolute Gasteiger partial charge is 0.222 e. The minimum absolute atomic E-state index is 0.0950. The molecule has 0 bridgehead atoms. The van der Waals surface area contributed by atoms with E-state index in [0.717, 1.165) is 0 Å². The quantitative estimate of drug-likeness (QED) is 0.677. The number of aromatic nitrogens is 1. The first-order valence-corrected chi connectivity index (χ1v) is 3.60. The van der Waals surface area contributed by atoms with Gasteiger partial charge < -0.3 is 10.3 Å². The number of hydrogen-bond donors (Lipinski definition) is 1. The summed E-state index contributed by atoms with van der Waals surface area (Å²) in [4.78, 5) is 10.6. The summed E-state index contributed by atoms with van der Waals surface area (Å²) in [7, 11) is 0. The summed E-state index contributed by atoms with van der Waals surface area (Å²) in [5.74, 6) is -0.346. The Morgan fingerprint density at radius 2 is 2.09 bits per heavy atom. The molecule has 1 aromatic rings. The molecule has 0 spiro atoms. The van der Waals surface area contributed by atoms with Crippen LogP contribution in [-0.2, 0) is 11.3 Å². The Balaban J connectivity index is 2.50. The molecule has 0 fully saturated rings. The van der Waals surface area contributed by atoms with Gasteiger partial charge >= 0.3 is 0 Å². The molecule has 1 heterocycles. The third kappa shape index (κ3) is 2.11. The Morgan fingerprint density at radius 1 is 1.55 bits per heavy atom. The fourth-order valence-electron chi connectivity index (χ4n) is 0.898. The number of carbonyl (C=O) groups is 1. The molecule has 0 saturated carbocycles. The zero-order chi connectivity index (χ0) is 8.27. The standard InChI is InChI=1S/C8H12N2O/c1-7(8(9)11)6-10-4-2-3-5-10/h2-5,7H,6H2,1H3,(H2,9,11). The van der Waals surface area contributed by atoms with Crippen LogP contribution in [0.15, 0.2) is 24.5 Å². The molecular weight excluding hydrogens is 140 g/mol. The van der Waals surface area contributed by atoms with Gasteiger partial charge in [-0.1, -0.05) is 6.92 Å². The van der Waals surface area contributed by atoms with Gasteiger partial charge in [-0.05, 0) is 12.1 Å². The van der Waals surface area contributed by atoms with Crippen molar-refractivity contribution in [1.29, 1.82) is 0 Å². The first-order valence-electron chi connectivity index (χ1n) is 3.60. The predicted octanol–water partition coefficient (Wildman–Crippen LogP) is 0.610. The largest absolute Gasteiger partial charge is 0.369 e. The lowest BCUT2D eigenvalue weighted by molar-refractivity contribution is -0.121. The van der Waals surface area contributed by atoms with E-state index >= 15 is 0 Å². The van der Waals surface area contributed by atoms with E-state index in [9.17, 15) is 4.79 Å². The van der Waals surface area contributed by atoms with Gasteiger partial charge in [0.15, 0.2) is 0 Å². The van der Waals surface area contributed by atoms with E-state index in [2.05, 4.69) is 0 Å². The number of primary amides is 1. The Bertz CT molecular complexity index is 228. The zero-order valence-corrected chi connectivity index (χ0v) is 6.53. The molecule has 1 amide bonds. The van der Waals surface area contributed by atoms with Gasteiger partial charge in [-0.15, -0.1) is 0 Å². The minimum atomic E-state index is -0.251. The van der Waals surface area contributed by atoms with E-state index in [4.69, 9.17) is 5.73 Å². The highest BCUT2D eigenvalue weighted by Gasteiger charge is 2.07. The topological polar surface area (TPSA) is 48.0 Å². The van der Waals surface area contributed by atoms with E-state index < -0.39 is 0 Å². The van der Waals surface area contributed by atoms with Crippen molar-refractivity contribution < 1.29 is 4.79 Å². The van der Waals surface area contributed by atoms with Crippen LogP contribution >= 0.6 is 0 Å². The van der Waals surface area contributed by atoms with E-state index in [1.54, 1.807) is 0 Å². The summed E-state index contributed by atoms with van der Waals surface area (Å²) in [5.41, 5.74) is 5.10. The van der Waals surface area contributed by atoms with Crippen LogP contribution in [0, 0.1) is 5.92 Å². The number of hydrogen-bond acceptors (Lipinski definition) is 1. The fourth-order valence-corrected chi connectivity index (χ4v) is 0.898. The second-order valence-electron chi connectivity index (χ2n) is 2.68. The summed E-state index contributed by atoms with van der Waals surface area (Å²) in [6.07, 6.45) is 3.83. The number of nitrogens with zero attached hydrogens (tertiary/aromatic N) is 1. The molecule has 0 aliphatic carbocycles. The number of nitrogens with two attached hydrogens (primary N) is 1. The Hall–Kier alpha value is -1.25. The van der Waals surface area contributed by atoms with Crippen LogP contribution in [0.25, 0.3) is 0 Å². The van der Waals surface area contributed by atoms with Crippen molar-refractivity contribution >= 4 is 5.91 Å². The summed E-state index contributed by atoms with van der Waals surface area (Å²) >= 11 is 0. The van der Waals surface area contributed by atoms with E-state index in [1.165, 1.54) is 0 Å². The minimum Gasteiger partial charge on any atom is -0.369 e. The molecule has 0 aromatic carbocycles. The van der Waals surface area contributed by atoms with Crippen molar-refractivity contribution in [2.24, 2.45) is 11.7 Å². The third-order valence-corrected chi connectivity index (χ3v) is 1.64. The van der Waals surface area contributed by atoms with Gasteiger partial charge in [0.2, 0.25) is 5.91 Å². The van der Waals surface area contributed by atoms with Gasteiger partial charge in [0.25, 0.3) is 0 Å². The summed E-state index contributed by atoms with van der Waals surface area (Å²) in [5, 5.41) is 0.